The second-order valence-electron chi connectivity index (χ2n) is 7.67. The molecule has 6 heteroatoms. The number of fused-ring (bicyclic) bond motifs is 1. The Morgan fingerprint density at radius 1 is 1.14 bits per heavy atom. The van der Waals surface area contributed by atoms with Gasteiger partial charge in [-0.05, 0) is 48.9 Å². The van der Waals surface area contributed by atoms with Gasteiger partial charge in [0.25, 0.3) is 5.91 Å². The van der Waals surface area contributed by atoms with E-state index in [1.807, 2.05) is 31.2 Å². The van der Waals surface area contributed by atoms with Gasteiger partial charge < -0.3 is 19.9 Å². The van der Waals surface area contributed by atoms with Crippen molar-refractivity contribution < 1.29 is 14.3 Å². The number of anilines is 2. The Labute approximate surface area is 171 Å². The van der Waals surface area contributed by atoms with Gasteiger partial charge >= 0.3 is 5.97 Å². The highest BCUT2D eigenvalue weighted by Crippen LogP contribution is 2.25. The quantitative estimate of drug-likeness (QED) is 0.810. The Morgan fingerprint density at radius 3 is 2.62 bits per heavy atom. The number of cyclic esters (lactones) is 1. The van der Waals surface area contributed by atoms with Crippen molar-refractivity contribution in [2.45, 2.75) is 26.4 Å². The van der Waals surface area contributed by atoms with Crippen molar-refractivity contribution in [1.29, 1.82) is 0 Å². The molecular formula is C23H27N3O3. The number of hydrogen-bond donors (Lipinski definition) is 1. The summed E-state index contributed by atoms with van der Waals surface area (Å²) >= 11 is 0. The predicted molar refractivity (Wildman–Crippen MR) is 113 cm³/mol. The topological polar surface area (TPSA) is 61.9 Å². The number of esters is 1. The van der Waals surface area contributed by atoms with Crippen LogP contribution in [0.1, 0.15) is 28.4 Å². The van der Waals surface area contributed by atoms with E-state index in [-0.39, 0.29) is 5.91 Å². The van der Waals surface area contributed by atoms with Crippen molar-refractivity contribution in [2.24, 2.45) is 0 Å². The van der Waals surface area contributed by atoms with Crippen LogP contribution >= 0.6 is 0 Å². The van der Waals surface area contributed by atoms with Crippen molar-refractivity contribution in [3.8, 4) is 0 Å². The highest BCUT2D eigenvalue weighted by Gasteiger charge is 2.31. The van der Waals surface area contributed by atoms with Gasteiger partial charge in [0.2, 0.25) is 0 Å². The predicted octanol–water partition coefficient (Wildman–Crippen LogP) is 2.86. The first-order valence-electron chi connectivity index (χ1n) is 10.2. The number of amides is 1. The minimum Gasteiger partial charge on any atom is -0.448 e. The Morgan fingerprint density at radius 2 is 1.90 bits per heavy atom. The van der Waals surface area contributed by atoms with Crippen molar-refractivity contribution in [3.05, 3.63) is 59.2 Å². The molecule has 0 radical (unpaired) electrons. The van der Waals surface area contributed by atoms with Gasteiger partial charge in [0, 0.05) is 44.0 Å². The van der Waals surface area contributed by atoms with Gasteiger partial charge in [0.15, 0.2) is 6.10 Å². The van der Waals surface area contributed by atoms with Crippen molar-refractivity contribution in [3.63, 3.8) is 0 Å². The summed E-state index contributed by atoms with van der Waals surface area (Å²) in [5.74, 6) is -0.731. The maximum Gasteiger partial charge on any atom is 0.339 e. The summed E-state index contributed by atoms with van der Waals surface area (Å²) in [6.45, 7) is 9.44. The van der Waals surface area contributed by atoms with Gasteiger partial charge in [-0.25, -0.2) is 4.79 Å². The molecule has 4 rings (SSSR count). The third-order valence-electron chi connectivity index (χ3n) is 5.84. The van der Waals surface area contributed by atoms with Crippen LogP contribution in [0.25, 0.3) is 0 Å². The molecule has 0 saturated carbocycles. The standard InChI is InChI=1S/C23H27N3O3/c1-3-25-10-12-26(13-11-25)18-8-9-20(16(2)14-18)24-22(27)21-15-17-6-4-5-7-19(17)23(28)29-21/h4-9,14,21H,3,10-13,15H2,1-2H3,(H,24,27). The number of ether oxygens (including phenoxy) is 1. The molecule has 6 nitrogen and oxygen atoms in total. The molecule has 2 aromatic rings. The summed E-state index contributed by atoms with van der Waals surface area (Å²) in [5.41, 5.74) is 4.31. The largest absolute Gasteiger partial charge is 0.448 e. The molecule has 152 valence electrons. The molecule has 1 unspecified atom stereocenters. The molecule has 2 aromatic carbocycles. The van der Waals surface area contributed by atoms with E-state index in [1.165, 1.54) is 5.69 Å². The normalized spacial score (nSPS) is 19.4. The van der Waals surface area contributed by atoms with Gasteiger partial charge in [-0.3, -0.25) is 4.79 Å². The summed E-state index contributed by atoms with van der Waals surface area (Å²) in [4.78, 5) is 29.7. The summed E-state index contributed by atoms with van der Waals surface area (Å²) in [6, 6.07) is 13.4. The molecule has 0 bridgehead atoms. The first-order chi connectivity index (χ1) is 14.0. The molecule has 0 aliphatic carbocycles. The number of nitrogens with one attached hydrogen (secondary N) is 1. The lowest BCUT2D eigenvalue weighted by Gasteiger charge is -2.35. The molecule has 1 amide bonds. The van der Waals surface area contributed by atoms with Gasteiger partial charge in [-0.15, -0.1) is 0 Å². The number of likely N-dealkylation sites (N-methyl/N-ethyl adjacent to an activating group) is 1. The number of carbonyl (C=O) groups excluding carboxylic acids is 2. The van der Waals surface area contributed by atoms with Crippen LogP contribution in [-0.4, -0.2) is 55.6 Å². The fourth-order valence-corrected chi connectivity index (χ4v) is 4.00. The van der Waals surface area contributed by atoms with E-state index >= 15 is 0 Å². The van der Waals surface area contributed by atoms with Crippen LogP contribution in [0.3, 0.4) is 0 Å². The minimum atomic E-state index is -0.807. The van der Waals surface area contributed by atoms with Crippen LogP contribution in [-0.2, 0) is 16.0 Å². The molecule has 2 heterocycles. The SMILES string of the molecule is CCN1CCN(c2ccc(NC(=O)C3Cc4ccccc4C(=O)O3)c(C)c2)CC1. The third-order valence-corrected chi connectivity index (χ3v) is 5.84. The molecule has 1 N–H and O–H groups in total. The third kappa shape index (κ3) is 4.12. The van der Waals surface area contributed by atoms with E-state index in [2.05, 4.69) is 28.1 Å². The molecule has 2 aliphatic heterocycles. The molecule has 0 spiro atoms. The van der Waals surface area contributed by atoms with Crippen LogP contribution in [0.2, 0.25) is 0 Å². The van der Waals surface area contributed by atoms with Crippen molar-refractivity contribution in [1.82, 2.24) is 4.90 Å². The maximum absolute atomic E-state index is 12.7. The first kappa shape index (κ1) is 19.5. The lowest BCUT2D eigenvalue weighted by molar-refractivity contribution is -0.125. The van der Waals surface area contributed by atoms with E-state index in [0.29, 0.717) is 12.0 Å². The molecule has 2 aliphatic rings. The zero-order valence-corrected chi connectivity index (χ0v) is 17.0. The van der Waals surface area contributed by atoms with E-state index in [4.69, 9.17) is 4.74 Å². The monoisotopic (exact) mass is 393 g/mol. The number of nitrogens with zero attached hydrogens (tertiary/aromatic N) is 2. The molecule has 1 saturated heterocycles. The lowest BCUT2D eigenvalue weighted by Crippen LogP contribution is -2.46. The number of aryl methyl sites for hydroxylation is 1. The molecule has 1 atom stereocenters. The van der Waals surface area contributed by atoms with Crippen LogP contribution in [0.15, 0.2) is 42.5 Å². The van der Waals surface area contributed by atoms with Crippen LogP contribution in [0.4, 0.5) is 11.4 Å². The molecule has 1 fully saturated rings. The zero-order valence-electron chi connectivity index (χ0n) is 17.0. The van der Waals surface area contributed by atoms with Gasteiger partial charge in [0.1, 0.15) is 0 Å². The van der Waals surface area contributed by atoms with Crippen molar-refractivity contribution >= 4 is 23.3 Å². The molecular weight excluding hydrogens is 366 g/mol. The smallest absolute Gasteiger partial charge is 0.339 e. The summed E-state index contributed by atoms with van der Waals surface area (Å²) < 4.78 is 5.36. The van der Waals surface area contributed by atoms with E-state index in [9.17, 15) is 9.59 Å². The number of carbonyl (C=O) groups is 2. The Hall–Kier alpha value is -2.86. The Kier molecular flexibility index (Phi) is 5.53. The summed E-state index contributed by atoms with van der Waals surface area (Å²) in [5, 5.41) is 2.93. The Bertz CT molecular complexity index is 919. The summed E-state index contributed by atoms with van der Waals surface area (Å²) in [6.07, 6.45) is -0.411. The summed E-state index contributed by atoms with van der Waals surface area (Å²) in [7, 11) is 0. The average Bonchev–Trinajstić information content (AvgIpc) is 2.75. The van der Waals surface area contributed by atoms with Crippen molar-refractivity contribution in [2.75, 3.05) is 42.9 Å². The minimum absolute atomic E-state index is 0.291. The molecule has 0 aromatic heterocycles. The first-order valence-corrected chi connectivity index (χ1v) is 10.2. The fraction of sp³-hybridized carbons (Fsp3) is 0.391. The van der Waals surface area contributed by atoms with E-state index in [0.717, 1.165) is 49.5 Å². The Balaban J connectivity index is 1.42. The van der Waals surface area contributed by atoms with Crippen LogP contribution in [0.5, 0.6) is 0 Å². The number of piperazine rings is 1. The van der Waals surface area contributed by atoms with E-state index in [1.54, 1.807) is 12.1 Å². The van der Waals surface area contributed by atoms with Gasteiger partial charge in [0.05, 0.1) is 5.56 Å². The van der Waals surface area contributed by atoms with E-state index < -0.39 is 12.1 Å². The molecule has 29 heavy (non-hydrogen) atoms. The zero-order chi connectivity index (χ0) is 20.4. The highest BCUT2D eigenvalue weighted by atomic mass is 16.5. The number of benzene rings is 2. The van der Waals surface area contributed by atoms with Crippen LogP contribution in [0, 0.1) is 6.92 Å². The van der Waals surface area contributed by atoms with Gasteiger partial charge in [-0.2, -0.15) is 0 Å². The number of hydrogen-bond acceptors (Lipinski definition) is 5. The maximum atomic E-state index is 12.7. The second-order valence-corrected chi connectivity index (χ2v) is 7.67. The van der Waals surface area contributed by atoms with Crippen LogP contribution < -0.4 is 10.2 Å². The lowest BCUT2D eigenvalue weighted by atomic mass is 9.98. The highest BCUT2D eigenvalue weighted by molar-refractivity contribution is 6.00. The van der Waals surface area contributed by atoms with Gasteiger partial charge in [-0.1, -0.05) is 25.1 Å². The second kappa shape index (κ2) is 8.25. The average molecular weight is 393 g/mol. The fourth-order valence-electron chi connectivity index (χ4n) is 4.00. The number of rotatable bonds is 4.